The van der Waals surface area contributed by atoms with E-state index < -0.39 is 20.7 Å². The van der Waals surface area contributed by atoms with Crippen molar-refractivity contribution in [3.05, 3.63) is 35.8 Å². The number of halogens is 1. The van der Waals surface area contributed by atoms with Crippen LogP contribution < -0.4 is 10.5 Å². The molecule has 2 rings (SSSR count). The smallest absolute Gasteiger partial charge is 0.268 e. The average Bonchev–Trinajstić information content (AvgIpc) is 2.62. The standard InChI is InChI=1S/C10H10FN3O3S/c1-6-5-9(13-17-6)14-18(15,16)10-7(11)3-2-4-8(10)12/h2-5H,12H2,1H3,(H,13,14). The Kier molecular flexibility index (Phi) is 2.95. The van der Waals surface area contributed by atoms with Crippen molar-refractivity contribution in [2.45, 2.75) is 11.8 Å². The Balaban J connectivity index is 2.43. The summed E-state index contributed by atoms with van der Waals surface area (Å²) in [4.78, 5) is -0.606. The minimum Gasteiger partial charge on any atom is -0.398 e. The predicted octanol–water partition coefficient (Wildman–Crippen LogP) is 1.51. The molecule has 0 aliphatic heterocycles. The molecule has 1 heterocycles. The largest absolute Gasteiger partial charge is 0.398 e. The fourth-order valence-corrected chi connectivity index (χ4v) is 2.59. The quantitative estimate of drug-likeness (QED) is 0.824. The molecule has 1 aromatic heterocycles. The summed E-state index contributed by atoms with van der Waals surface area (Å²) in [7, 11) is -4.13. The minimum atomic E-state index is -4.13. The average molecular weight is 271 g/mol. The van der Waals surface area contributed by atoms with Gasteiger partial charge in [-0.3, -0.25) is 4.72 Å². The van der Waals surface area contributed by atoms with Crippen LogP contribution in [0.4, 0.5) is 15.9 Å². The lowest BCUT2D eigenvalue weighted by Gasteiger charge is -2.08. The van der Waals surface area contributed by atoms with Crippen LogP contribution >= 0.6 is 0 Å². The lowest BCUT2D eigenvalue weighted by molar-refractivity contribution is 0.400. The summed E-state index contributed by atoms with van der Waals surface area (Å²) in [5.74, 6) is -0.535. The van der Waals surface area contributed by atoms with Crippen molar-refractivity contribution in [2.75, 3.05) is 10.5 Å². The van der Waals surface area contributed by atoms with Gasteiger partial charge in [0.15, 0.2) is 5.82 Å². The maximum Gasteiger partial charge on any atom is 0.268 e. The second-order valence-electron chi connectivity index (χ2n) is 3.59. The van der Waals surface area contributed by atoms with Crippen LogP contribution in [0.25, 0.3) is 0 Å². The van der Waals surface area contributed by atoms with Gasteiger partial charge in [-0.25, -0.2) is 12.8 Å². The molecule has 0 unspecified atom stereocenters. The number of anilines is 2. The first-order chi connectivity index (χ1) is 8.40. The van der Waals surface area contributed by atoms with E-state index in [9.17, 15) is 12.8 Å². The zero-order valence-corrected chi connectivity index (χ0v) is 10.2. The number of rotatable bonds is 3. The molecule has 0 atom stereocenters. The Hall–Kier alpha value is -2.09. The van der Waals surface area contributed by atoms with Gasteiger partial charge in [0.05, 0.1) is 5.69 Å². The highest BCUT2D eigenvalue weighted by Crippen LogP contribution is 2.24. The predicted molar refractivity (Wildman–Crippen MR) is 62.9 cm³/mol. The van der Waals surface area contributed by atoms with Crippen molar-refractivity contribution in [1.82, 2.24) is 5.16 Å². The summed E-state index contributed by atoms with van der Waals surface area (Å²) >= 11 is 0. The van der Waals surface area contributed by atoms with Gasteiger partial charge in [0.1, 0.15) is 16.5 Å². The molecule has 0 bridgehead atoms. The van der Waals surface area contributed by atoms with E-state index >= 15 is 0 Å². The number of nitrogens with one attached hydrogen (secondary N) is 1. The van der Waals surface area contributed by atoms with Gasteiger partial charge in [0.2, 0.25) is 0 Å². The van der Waals surface area contributed by atoms with Crippen LogP contribution in [0.3, 0.4) is 0 Å². The second kappa shape index (κ2) is 4.30. The summed E-state index contributed by atoms with van der Waals surface area (Å²) in [5.41, 5.74) is 5.29. The zero-order valence-electron chi connectivity index (χ0n) is 9.34. The molecular formula is C10H10FN3O3S. The third-order valence-electron chi connectivity index (χ3n) is 2.13. The topological polar surface area (TPSA) is 98.2 Å². The Labute approximate surface area is 103 Å². The van der Waals surface area contributed by atoms with Gasteiger partial charge in [0.25, 0.3) is 10.0 Å². The van der Waals surface area contributed by atoms with Crippen LogP contribution in [0, 0.1) is 12.7 Å². The molecule has 6 nitrogen and oxygen atoms in total. The normalized spacial score (nSPS) is 11.4. The maximum absolute atomic E-state index is 13.5. The van der Waals surface area contributed by atoms with Crippen LogP contribution in [0.5, 0.6) is 0 Å². The van der Waals surface area contributed by atoms with Crippen LogP contribution in [0.2, 0.25) is 0 Å². The van der Waals surface area contributed by atoms with Crippen molar-refractivity contribution in [1.29, 1.82) is 0 Å². The van der Waals surface area contributed by atoms with E-state index in [1.165, 1.54) is 18.2 Å². The lowest BCUT2D eigenvalue weighted by Crippen LogP contribution is -2.16. The van der Waals surface area contributed by atoms with Gasteiger partial charge in [-0.15, -0.1) is 0 Å². The van der Waals surface area contributed by atoms with E-state index in [-0.39, 0.29) is 11.5 Å². The Morgan fingerprint density at radius 2 is 2.17 bits per heavy atom. The molecule has 0 radical (unpaired) electrons. The first-order valence-corrected chi connectivity index (χ1v) is 6.38. The van der Waals surface area contributed by atoms with Gasteiger partial charge in [0, 0.05) is 6.07 Å². The Bertz CT molecular complexity index is 661. The van der Waals surface area contributed by atoms with Crippen LogP contribution in [0.1, 0.15) is 5.76 Å². The van der Waals surface area contributed by atoms with E-state index in [4.69, 9.17) is 10.3 Å². The number of sulfonamides is 1. The minimum absolute atomic E-state index is 0.0323. The molecule has 96 valence electrons. The van der Waals surface area contributed by atoms with Crippen molar-refractivity contribution < 1.29 is 17.3 Å². The molecule has 0 aliphatic carbocycles. The Morgan fingerprint density at radius 1 is 1.44 bits per heavy atom. The van der Waals surface area contributed by atoms with Gasteiger partial charge >= 0.3 is 0 Å². The lowest BCUT2D eigenvalue weighted by atomic mass is 10.3. The number of nitrogen functional groups attached to an aromatic ring is 1. The fourth-order valence-electron chi connectivity index (χ4n) is 1.41. The van der Waals surface area contributed by atoms with Crippen molar-refractivity contribution in [2.24, 2.45) is 0 Å². The summed E-state index contributed by atoms with van der Waals surface area (Å²) in [6, 6.07) is 5.00. The van der Waals surface area contributed by atoms with Gasteiger partial charge in [-0.1, -0.05) is 11.2 Å². The van der Waals surface area contributed by atoms with Crippen LogP contribution in [-0.2, 0) is 10.0 Å². The molecule has 3 N–H and O–H groups in total. The highest BCUT2D eigenvalue weighted by Gasteiger charge is 2.23. The highest BCUT2D eigenvalue weighted by molar-refractivity contribution is 7.92. The van der Waals surface area contributed by atoms with Crippen LogP contribution in [0.15, 0.2) is 33.7 Å². The number of aryl methyl sites for hydroxylation is 1. The van der Waals surface area contributed by atoms with Crippen LogP contribution in [-0.4, -0.2) is 13.6 Å². The molecule has 0 aliphatic rings. The molecule has 0 amide bonds. The van der Waals surface area contributed by atoms with E-state index in [1.54, 1.807) is 6.92 Å². The number of aromatic nitrogens is 1. The highest BCUT2D eigenvalue weighted by atomic mass is 32.2. The van der Waals surface area contributed by atoms with Crippen molar-refractivity contribution in [3.8, 4) is 0 Å². The third kappa shape index (κ3) is 2.28. The molecule has 0 spiro atoms. The van der Waals surface area contributed by atoms with E-state index in [0.717, 1.165) is 6.07 Å². The number of hydrogen-bond acceptors (Lipinski definition) is 5. The van der Waals surface area contributed by atoms with E-state index in [1.807, 2.05) is 0 Å². The summed E-state index contributed by atoms with van der Waals surface area (Å²) in [5, 5.41) is 3.46. The third-order valence-corrected chi connectivity index (χ3v) is 3.58. The molecule has 0 saturated heterocycles. The summed E-state index contributed by atoms with van der Waals surface area (Å²) < 4.78 is 44.2. The number of nitrogens with two attached hydrogens (primary N) is 1. The number of nitrogens with zero attached hydrogens (tertiary/aromatic N) is 1. The molecule has 2 aromatic rings. The van der Waals surface area contributed by atoms with Gasteiger partial charge < -0.3 is 10.3 Å². The summed E-state index contributed by atoms with van der Waals surface area (Å²) in [6.45, 7) is 1.60. The molecule has 8 heteroatoms. The maximum atomic E-state index is 13.5. The molecule has 0 fully saturated rings. The SMILES string of the molecule is Cc1cc(NS(=O)(=O)c2c(N)cccc2F)no1. The molecule has 0 saturated carbocycles. The van der Waals surface area contributed by atoms with Crippen molar-refractivity contribution >= 4 is 21.5 Å². The summed E-state index contributed by atoms with van der Waals surface area (Å²) in [6.07, 6.45) is 0. The Morgan fingerprint density at radius 3 is 2.72 bits per heavy atom. The molecule has 1 aromatic carbocycles. The molecule has 18 heavy (non-hydrogen) atoms. The number of hydrogen-bond donors (Lipinski definition) is 2. The number of benzene rings is 1. The van der Waals surface area contributed by atoms with E-state index in [2.05, 4.69) is 9.88 Å². The zero-order chi connectivity index (χ0) is 13.3. The van der Waals surface area contributed by atoms with Gasteiger partial charge in [-0.05, 0) is 19.1 Å². The fraction of sp³-hybridized carbons (Fsp3) is 0.100. The molecular weight excluding hydrogens is 261 g/mol. The first kappa shape index (κ1) is 12.4. The van der Waals surface area contributed by atoms with Gasteiger partial charge in [-0.2, -0.15) is 0 Å². The van der Waals surface area contributed by atoms with E-state index in [0.29, 0.717) is 5.76 Å². The monoisotopic (exact) mass is 271 g/mol. The van der Waals surface area contributed by atoms with Crippen molar-refractivity contribution in [3.63, 3.8) is 0 Å². The first-order valence-electron chi connectivity index (χ1n) is 4.90. The second-order valence-corrected chi connectivity index (χ2v) is 5.21.